The summed E-state index contributed by atoms with van der Waals surface area (Å²) in [6.45, 7) is 3.04. The van der Waals surface area contributed by atoms with Gasteiger partial charge in [0.15, 0.2) is 0 Å². The van der Waals surface area contributed by atoms with Crippen molar-refractivity contribution in [3.63, 3.8) is 0 Å². The van der Waals surface area contributed by atoms with E-state index in [1.807, 2.05) is 13.0 Å². The van der Waals surface area contributed by atoms with Crippen molar-refractivity contribution in [2.75, 3.05) is 26.2 Å². The van der Waals surface area contributed by atoms with Crippen LogP contribution in [0.3, 0.4) is 0 Å². The summed E-state index contributed by atoms with van der Waals surface area (Å²) in [7, 11) is 0. The number of rotatable bonds is 3. The minimum Gasteiger partial charge on any atom is -0.332 e. The molecule has 5 heteroatoms. The molecule has 0 aromatic rings. The number of hydrogen-bond acceptors (Lipinski definition) is 3. The molecule has 5 nitrogen and oxygen atoms in total. The van der Waals surface area contributed by atoms with Crippen molar-refractivity contribution in [2.45, 2.75) is 13.3 Å². The third kappa shape index (κ3) is 2.22. The summed E-state index contributed by atoms with van der Waals surface area (Å²) in [5.41, 5.74) is 0. The highest BCUT2D eigenvalue weighted by Crippen LogP contribution is 2.04. The molecule has 14 heavy (non-hydrogen) atoms. The number of hydrogen-bond donors (Lipinski definition) is 0. The van der Waals surface area contributed by atoms with Crippen LogP contribution in [0.4, 0.5) is 0 Å². The molecule has 1 saturated heterocycles. The molecule has 1 aliphatic heterocycles. The molecule has 2 amide bonds. The quantitative estimate of drug-likeness (QED) is 0.615. The Morgan fingerprint density at radius 3 is 2.43 bits per heavy atom. The normalized spacial score (nSPS) is 17.1. The monoisotopic (exact) mass is 195 g/mol. The number of carbonyl (C=O) groups excluding carboxylic acids is 2. The molecule has 0 aromatic carbocycles. The third-order valence-electron chi connectivity index (χ3n) is 2.23. The number of nitrogens with zero attached hydrogens (tertiary/aromatic N) is 3. The zero-order valence-corrected chi connectivity index (χ0v) is 8.19. The van der Waals surface area contributed by atoms with Gasteiger partial charge in [-0.25, -0.2) is 0 Å². The lowest BCUT2D eigenvalue weighted by molar-refractivity contribution is -0.149. The molecule has 0 atom stereocenters. The Hall–Kier alpha value is -1.57. The summed E-state index contributed by atoms with van der Waals surface area (Å²) in [6, 6.07) is 1.96. The van der Waals surface area contributed by atoms with Crippen molar-refractivity contribution < 1.29 is 9.59 Å². The van der Waals surface area contributed by atoms with E-state index in [4.69, 9.17) is 5.26 Å². The molecular weight excluding hydrogens is 182 g/mol. The number of carbonyl (C=O) groups is 2. The zero-order chi connectivity index (χ0) is 10.6. The van der Waals surface area contributed by atoms with Crippen LogP contribution in [0.5, 0.6) is 0 Å². The van der Waals surface area contributed by atoms with Crippen LogP contribution in [0.15, 0.2) is 0 Å². The van der Waals surface area contributed by atoms with E-state index in [1.54, 1.807) is 0 Å². The minimum absolute atomic E-state index is 0.0370. The summed E-state index contributed by atoms with van der Waals surface area (Å²) < 4.78 is 0. The van der Waals surface area contributed by atoms with Gasteiger partial charge in [0.2, 0.25) is 11.8 Å². The van der Waals surface area contributed by atoms with E-state index in [-0.39, 0.29) is 31.3 Å². The minimum atomic E-state index is -0.0679. The second-order valence-electron chi connectivity index (χ2n) is 3.13. The Labute approximate surface area is 82.9 Å². The summed E-state index contributed by atoms with van der Waals surface area (Å²) >= 11 is 0. The smallest absolute Gasteiger partial charge is 0.242 e. The molecule has 0 unspecified atom stereocenters. The maximum absolute atomic E-state index is 11.4. The molecule has 1 aliphatic rings. The van der Waals surface area contributed by atoms with Gasteiger partial charge in [-0.1, -0.05) is 0 Å². The lowest BCUT2D eigenvalue weighted by atomic mass is 10.2. The second-order valence-corrected chi connectivity index (χ2v) is 3.13. The predicted octanol–water partition coefficient (Wildman–Crippen LogP) is -0.409. The molecule has 1 heterocycles. The van der Waals surface area contributed by atoms with Gasteiger partial charge >= 0.3 is 0 Å². The lowest BCUT2D eigenvalue weighted by Crippen LogP contribution is -2.53. The zero-order valence-electron chi connectivity index (χ0n) is 8.19. The SMILES string of the molecule is CCN1CC(=O)N(CCC#N)CC1=O. The number of amides is 2. The van der Waals surface area contributed by atoms with Gasteiger partial charge in [-0.2, -0.15) is 5.26 Å². The van der Waals surface area contributed by atoms with Crippen LogP contribution < -0.4 is 0 Å². The molecule has 1 rings (SSSR count). The standard InChI is InChI=1S/C9H13N3O2/c1-2-11-6-9(14)12(5-3-4-10)7-8(11)13/h2-3,5-7H2,1H3. The maximum Gasteiger partial charge on any atom is 0.242 e. The Morgan fingerprint density at radius 1 is 1.29 bits per heavy atom. The van der Waals surface area contributed by atoms with Crippen LogP contribution in [-0.2, 0) is 9.59 Å². The molecule has 0 radical (unpaired) electrons. The van der Waals surface area contributed by atoms with Crippen molar-refractivity contribution in [3.05, 3.63) is 0 Å². The highest BCUT2D eigenvalue weighted by Gasteiger charge is 2.28. The topological polar surface area (TPSA) is 64.4 Å². The molecule has 1 fully saturated rings. The summed E-state index contributed by atoms with van der Waals surface area (Å²) in [5, 5.41) is 8.36. The number of nitriles is 1. The average Bonchev–Trinajstić information content (AvgIpc) is 2.18. The Balaban J connectivity index is 2.54. The second kappa shape index (κ2) is 4.61. The van der Waals surface area contributed by atoms with Gasteiger partial charge < -0.3 is 9.80 Å². The van der Waals surface area contributed by atoms with Crippen molar-refractivity contribution in [2.24, 2.45) is 0 Å². The van der Waals surface area contributed by atoms with Gasteiger partial charge in [0.05, 0.1) is 25.6 Å². The first kappa shape index (κ1) is 10.5. The van der Waals surface area contributed by atoms with E-state index in [1.165, 1.54) is 9.80 Å². The van der Waals surface area contributed by atoms with Crippen LogP contribution >= 0.6 is 0 Å². The van der Waals surface area contributed by atoms with Crippen LogP contribution in [0.25, 0.3) is 0 Å². The average molecular weight is 195 g/mol. The highest BCUT2D eigenvalue weighted by atomic mass is 16.2. The lowest BCUT2D eigenvalue weighted by Gasteiger charge is -2.32. The van der Waals surface area contributed by atoms with Crippen molar-refractivity contribution in [3.8, 4) is 6.07 Å². The van der Waals surface area contributed by atoms with Gasteiger partial charge in [-0.05, 0) is 6.92 Å². The third-order valence-corrected chi connectivity index (χ3v) is 2.23. The number of piperazine rings is 1. The highest BCUT2D eigenvalue weighted by molar-refractivity contribution is 5.92. The van der Waals surface area contributed by atoms with Gasteiger partial charge in [-0.3, -0.25) is 9.59 Å². The predicted molar refractivity (Wildman–Crippen MR) is 49.1 cm³/mol. The first-order valence-corrected chi connectivity index (χ1v) is 4.61. The van der Waals surface area contributed by atoms with E-state index < -0.39 is 0 Å². The first-order chi connectivity index (χ1) is 6.69. The van der Waals surface area contributed by atoms with Crippen molar-refractivity contribution in [1.82, 2.24) is 9.80 Å². The summed E-state index contributed by atoms with van der Waals surface area (Å²) in [6.07, 6.45) is 0.283. The van der Waals surface area contributed by atoms with Gasteiger partial charge in [0, 0.05) is 13.1 Å². The fraction of sp³-hybridized carbons (Fsp3) is 0.667. The fourth-order valence-electron chi connectivity index (χ4n) is 1.38. The van der Waals surface area contributed by atoms with Gasteiger partial charge in [0.1, 0.15) is 0 Å². The molecule has 0 N–H and O–H groups in total. The van der Waals surface area contributed by atoms with Crippen LogP contribution in [0.1, 0.15) is 13.3 Å². The van der Waals surface area contributed by atoms with E-state index in [0.29, 0.717) is 13.1 Å². The van der Waals surface area contributed by atoms with E-state index in [2.05, 4.69) is 0 Å². The maximum atomic E-state index is 11.4. The van der Waals surface area contributed by atoms with Crippen LogP contribution in [-0.4, -0.2) is 47.8 Å². The van der Waals surface area contributed by atoms with E-state index in [0.717, 1.165) is 0 Å². The van der Waals surface area contributed by atoms with Gasteiger partial charge in [0.25, 0.3) is 0 Å². The molecule has 0 aliphatic carbocycles. The molecule has 0 aromatic heterocycles. The Bertz CT molecular complexity index is 282. The molecule has 0 spiro atoms. The van der Waals surface area contributed by atoms with E-state index in [9.17, 15) is 9.59 Å². The molecular formula is C9H13N3O2. The summed E-state index contributed by atoms with van der Waals surface area (Å²) in [4.78, 5) is 25.8. The summed E-state index contributed by atoms with van der Waals surface area (Å²) in [5.74, 6) is -0.105. The largest absolute Gasteiger partial charge is 0.332 e. The molecule has 0 saturated carbocycles. The molecule has 76 valence electrons. The molecule has 0 bridgehead atoms. The Kier molecular flexibility index (Phi) is 3.46. The van der Waals surface area contributed by atoms with Crippen molar-refractivity contribution in [1.29, 1.82) is 5.26 Å². The van der Waals surface area contributed by atoms with Gasteiger partial charge in [-0.15, -0.1) is 0 Å². The van der Waals surface area contributed by atoms with E-state index >= 15 is 0 Å². The van der Waals surface area contributed by atoms with Crippen LogP contribution in [0.2, 0.25) is 0 Å². The number of likely N-dealkylation sites (N-methyl/N-ethyl adjacent to an activating group) is 1. The fourth-order valence-corrected chi connectivity index (χ4v) is 1.38. The van der Waals surface area contributed by atoms with Crippen molar-refractivity contribution >= 4 is 11.8 Å². The first-order valence-electron chi connectivity index (χ1n) is 4.61. The van der Waals surface area contributed by atoms with Crippen LogP contribution in [0, 0.1) is 11.3 Å². The Morgan fingerprint density at radius 2 is 1.86 bits per heavy atom.